The van der Waals surface area contributed by atoms with Gasteiger partial charge in [-0.05, 0) is 19.3 Å². The highest BCUT2D eigenvalue weighted by molar-refractivity contribution is 5.81. The van der Waals surface area contributed by atoms with Crippen molar-refractivity contribution in [2.24, 2.45) is 5.92 Å². The fourth-order valence-electron chi connectivity index (χ4n) is 2.30. The van der Waals surface area contributed by atoms with Gasteiger partial charge in [-0.3, -0.25) is 4.79 Å². The largest absolute Gasteiger partial charge is 0.436 e. The quantitative estimate of drug-likeness (QED) is 0.820. The van der Waals surface area contributed by atoms with Crippen molar-refractivity contribution >= 4 is 5.91 Å². The van der Waals surface area contributed by atoms with Crippen LogP contribution >= 0.6 is 0 Å². The molecule has 1 saturated heterocycles. The summed E-state index contributed by atoms with van der Waals surface area (Å²) in [5, 5.41) is 7.13. The lowest BCUT2D eigenvalue weighted by atomic mass is 10.3. The van der Waals surface area contributed by atoms with Crippen molar-refractivity contribution in [1.82, 2.24) is 19.9 Å². The highest BCUT2D eigenvalue weighted by atomic mass is 19.4. The lowest BCUT2D eigenvalue weighted by Gasteiger charge is -2.15. The molecular formula is C11H13F3N4O. The second-order valence-electron chi connectivity index (χ2n) is 5.05. The van der Waals surface area contributed by atoms with Crippen molar-refractivity contribution < 1.29 is 18.0 Å². The van der Waals surface area contributed by atoms with Crippen LogP contribution in [0, 0.1) is 5.92 Å². The van der Waals surface area contributed by atoms with Crippen LogP contribution in [0.1, 0.15) is 31.0 Å². The summed E-state index contributed by atoms with van der Waals surface area (Å²) in [6.07, 6.45) is -1.29. The molecule has 2 aliphatic rings. The summed E-state index contributed by atoms with van der Waals surface area (Å²) in [5.74, 6) is 0.251. The number of aromatic nitrogens is 3. The van der Waals surface area contributed by atoms with Crippen molar-refractivity contribution in [2.45, 2.75) is 31.5 Å². The third kappa shape index (κ3) is 2.43. The molecule has 1 saturated carbocycles. The highest BCUT2D eigenvalue weighted by Gasteiger charge is 2.39. The van der Waals surface area contributed by atoms with Gasteiger partial charge in [0.2, 0.25) is 5.91 Å². The van der Waals surface area contributed by atoms with Crippen LogP contribution in [0.2, 0.25) is 0 Å². The zero-order chi connectivity index (χ0) is 13.6. The lowest BCUT2D eigenvalue weighted by Crippen LogP contribution is -2.30. The Balaban J connectivity index is 1.67. The summed E-state index contributed by atoms with van der Waals surface area (Å²) in [6, 6.07) is -0.251. The first-order chi connectivity index (χ1) is 8.95. The molecule has 1 aliphatic heterocycles. The smallest absolute Gasteiger partial charge is 0.340 e. The van der Waals surface area contributed by atoms with E-state index in [0.29, 0.717) is 19.5 Å². The molecule has 5 nitrogen and oxygen atoms in total. The Morgan fingerprint density at radius 3 is 2.63 bits per heavy atom. The fraction of sp³-hybridized carbons (Fsp3) is 0.727. The van der Waals surface area contributed by atoms with Crippen LogP contribution < -0.4 is 0 Å². The Labute approximate surface area is 107 Å². The van der Waals surface area contributed by atoms with Crippen molar-refractivity contribution in [1.29, 1.82) is 0 Å². The van der Waals surface area contributed by atoms with E-state index in [1.54, 1.807) is 4.90 Å². The van der Waals surface area contributed by atoms with Crippen LogP contribution in [0.4, 0.5) is 13.2 Å². The van der Waals surface area contributed by atoms with Crippen LogP contribution in [0.5, 0.6) is 0 Å². The summed E-state index contributed by atoms with van der Waals surface area (Å²) in [6.45, 7) is 0.976. The number of amides is 1. The first kappa shape index (κ1) is 12.4. The highest BCUT2D eigenvalue weighted by Crippen LogP contribution is 2.34. The van der Waals surface area contributed by atoms with Crippen molar-refractivity contribution in [3.63, 3.8) is 0 Å². The van der Waals surface area contributed by atoms with Gasteiger partial charge >= 0.3 is 6.18 Å². The third-order valence-electron chi connectivity index (χ3n) is 3.53. The monoisotopic (exact) mass is 274 g/mol. The second-order valence-corrected chi connectivity index (χ2v) is 5.05. The Bertz CT molecular complexity index is 494. The van der Waals surface area contributed by atoms with Gasteiger partial charge in [0.25, 0.3) is 0 Å². The molecular weight excluding hydrogens is 261 g/mol. The van der Waals surface area contributed by atoms with E-state index >= 15 is 0 Å². The Morgan fingerprint density at radius 2 is 2.05 bits per heavy atom. The van der Waals surface area contributed by atoms with Gasteiger partial charge in [-0.1, -0.05) is 0 Å². The van der Waals surface area contributed by atoms with Gasteiger partial charge in [0, 0.05) is 19.0 Å². The number of hydrogen-bond acceptors (Lipinski definition) is 3. The SMILES string of the molecule is O=C(C1CC1)N1CCC(n2ncc(C(F)(F)F)n2)C1. The number of hydrogen-bond donors (Lipinski definition) is 0. The Kier molecular flexibility index (Phi) is 2.75. The number of rotatable bonds is 2. The maximum absolute atomic E-state index is 12.4. The number of alkyl halides is 3. The van der Waals surface area contributed by atoms with E-state index in [0.717, 1.165) is 23.8 Å². The molecule has 0 bridgehead atoms. The van der Waals surface area contributed by atoms with Crippen molar-refractivity contribution in [3.05, 3.63) is 11.9 Å². The molecule has 1 amide bonds. The molecule has 0 spiro atoms. The van der Waals surface area contributed by atoms with Gasteiger partial charge in [-0.2, -0.15) is 23.1 Å². The molecule has 3 rings (SSSR count). The molecule has 0 aromatic carbocycles. The third-order valence-corrected chi connectivity index (χ3v) is 3.53. The fourth-order valence-corrected chi connectivity index (χ4v) is 2.30. The molecule has 1 aliphatic carbocycles. The van der Waals surface area contributed by atoms with E-state index < -0.39 is 11.9 Å². The number of carbonyl (C=O) groups excluding carboxylic acids is 1. The minimum atomic E-state index is -4.47. The summed E-state index contributed by atoms with van der Waals surface area (Å²) >= 11 is 0. The number of carbonyl (C=O) groups is 1. The van der Waals surface area contributed by atoms with E-state index in [1.165, 1.54) is 0 Å². The standard InChI is InChI=1S/C11H13F3N4O/c12-11(13,14)9-5-15-18(16-9)8-3-4-17(6-8)10(19)7-1-2-7/h5,7-8H,1-4,6H2. The normalized spacial score (nSPS) is 23.9. The molecule has 0 radical (unpaired) electrons. The maximum Gasteiger partial charge on any atom is 0.436 e. The molecule has 1 atom stereocenters. The topological polar surface area (TPSA) is 51.0 Å². The minimum Gasteiger partial charge on any atom is -0.340 e. The molecule has 8 heteroatoms. The average molecular weight is 274 g/mol. The van der Waals surface area contributed by atoms with E-state index in [1.807, 2.05) is 0 Å². The maximum atomic E-state index is 12.4. The van der Waals surface area contributed by atoms with Gasteiger partial charge in [-0.25, -0.2) is 0 Å². The van der Waals surface area contributed by atoms with Gasteiger partial charge < -0.3 is 4.90 Å². The zero-order valence-electron chi connectivity index (χ0n) is 10.1. The molecule has 1 unspecified atom stereocenters. The molecule has 1 aromatic heterocycles. The van der Waals surface area contributed by atoms with Gasteiger partial charge in [0.1, 0.15) is 0 Å². The first-order valence-corrected chi connectivity index (χ1v) is 6.23. The van der Waals surface area contributed by atoms with Gasteiger partial charge in [-0.15, -0.1) is 5.10 Å². The minimum absolute atomic E-state index is 0.116. The number of nitrogens with zero attached hydrogens (tertiary/aromatic N) is 4. The summed E-state index contributed by atoms with van der Waals surface area (Å²) < 4.78 is 37.3. The molecule has 104 valence electrons. The zero-order valence-corrected chi connectivity index (χ0v) is 10.1. The van der Waals surface area contributed by atoms with Gasteiger partial charge in [0.05, 0.1) is 12.2 Å². The molecule has 19 heavy (non-hydrogen) atoms. The van der Waals surface area contributed by atoms with E-state index in [4.69, 9.17) is 0 Å². The van der Waals surface area contributed by atoms with Crippen LogP contribution in [0.15, 0.2) is 6.20 Å². The summed E-state index contributed by atoms with van der Waals surface area (Å²) in [4.78, 5) is 14.6. The van der Waals surface area contributed by atoms with E-state index in [2.05, 4.69) is 10.2 Å². The molecule has 2 heterocycles. The molecule has 1 aromatic rings. The van der Waals surface area contributed by atoms with Crippen LogP contribution in [-0.2, 0) is 11.0 Å². The molecule has 0 N–H and O–H groups in total. The van der Waals surface area contributed by atoms with Crippen molar-refractivity contribution in [3.8, 4) is 0 Å². The summed E-state index contributed by atoms with van der Waals surface area (Å²) in [5.41, 5.74) is -0.987. The van der Waals surface area contributed by atoms with Gasteiger partial charge in [0.15, 0.2) is 5.69 Å². The average Bonchev–Trinajstić information content (AvgIpc) is 2.89. The van der Waals surface area contributed by atoms with Crippen LogP contribution in [0.25, 0.3) is 0 Å². The lowest BCUT2D eigenvalue weighted by molar-refractivity contribution is -0.141. The van der Waals surface area contributed by atoms with Crippen molar-refractivity contribution in [2.75, 3.05) is 13.1 Å². The first-order valence-electron chi connectivity index (χ1n) is 6.23. The molecule has 2 fully saturated rings. The summed E-state index contributed by atoms with van der Waals surface area (Å²) in [7, 11) is 0. The van der Waals surface area contributed by atoms with Crippen LogP contribution in [-0.4, -0.2) is 38.9 Å². The Hall–Kier alpha value is -1.60. The Morgan fingerprint density at radius 1 is 1.32 bits per heavy atom. The number of halogens is 3. The predicted octanol–water partition coefficient (Wildman–Crippen LogP) is 1.48. The predicted molar refractivity (Wildman–Crippen MR) is 58.0 cm³/mol. The number of likely N-dealkylation sites (tertiary alicyclic amines) is 1. The van der Waals surface area contributed by atoms with E-state index in [-0.39, 0.29) is 17.9 Å². The van der Waals surface area contributed by atoms with E-state index in [9.17, 15) is 18.0 Å². The van der Waals surface area contributed by atoms with Crippen LogP contribution in [0.3, 0.4) is 0 Å². The second kappa shape index (κ2) is 4.21.